The van der Waals surface area contributed by atoms with Crippen molar-refractivity contribution in [1.82, 2.24) is 5.32 Å². The molecule has 1 N–H and O–H groups in total. The standard InChI is InChI=1S/C39H38NO9P/c1-44-38(41)35(40-39(42)46-27-31-16-8-3-9-17-31)24-34-22-23-36(37(25-34)45-26-30-14-6-2-7-15-30)49-50(43,47-28-32-18-10-4-11-19-32)48-29-33-20-12-5-13-21-33/h2-23,25,35H,24,26-29H2,1H3,(H,40,42). The average molecular weight is 696 g/mol. The molecule has 1 atom stereocenters. The Labute approximate surface area is 291 Å². The first-order valence-electron chi connectivity index (χ1n) is 15.9. The zero-order valence-corrected chi connectivity index (χ0v) is 28.4. The topological polar surface area (TPSA) is 119 Å². The number of amides is 1. The summed E-state index contributed by atoms with van der Waals surface area (Å²) in [6, 6.07) is 41.0. The number of esters is 1. The van der Waals surface area contributed by atoms with Crippen LogP contribution in [-0.2, 0) is 60.7 Å². The predicted octanol–water partition coefficient (Wildman–Crippen LogP) is 8.20. The van der Waals surface area contributed by atoms with Crippen LogP contribution in [0.5, 0.6) is 11.5 Å². The number of rotatable bonds is 17. The lowest BCUT2D eigenvalue weighted by atomic mass is 10.1. The number of phosphoric ester groups is 1. The largest absolute Gasteiger partial charge is 0.530 e. The highest BCUT2D eigenvalue weighted by Gasteiger charge is 2.31. The van der Waals surface area contributed by atoms with E-state index < -0.39 is 25.9 Å². The number of hydrogen-bond donors (Lipinski definition) is 1. The Bertz CT molecular complexity index is 1790. The molecule has 0 spiro atoms. The summed E-state index contributed by atoms with van der Waals surface area (Å²) in [5.41, 5.74) is 3.82. The maximum atomic E-state index is 14.2. The fraction of sp³-hybridized carbons (Fsp3) is 0.179. The molecule has 0 aromatic heterocycles. The van der Waals surface area contributed by atoms with Crippen molar-refractivity contribution in [1.29, 1.82) is 0 Å². The van der Waals surface area contributed by atoms with Gasteiger partial charge >= 0.3 is 19.9 Å². The fourth-order valence-corrected chi connectivity index (χ4v) is 5.93. The summed E-state index contributed by atoms with van der Waals surface area (Å²) in [7, 11) is -3.00. The van der Waals surface area contributed by atoms with Crippen LogP contribution in [-0.4, -0.2) is 25.2 Å². The van der Waals surface area contributed by atoms with Gasteiger partial charge in [0.2, 0.25) is 0 Å². The lowest BCUT2D eigenvalue weighted by Gasteiger charge is -2.22. The van der Waals surface area contributed by atoms with Gasteiger partial charge in [-0.15, -0.1) is 0 Å². The molecule has 11 heteroatoms. The van der Waals surface area contributed by atoms with E-state index in [0.717, 1.165) is 22.3 Å². The molecule has 0 aliphatic rings. The quantitative estimate of drug-likeness (QED) is 0.0759. The fourth-order valence-electron chi connectivity index (χ4n) is 4.75. The van der Waals surface area contributed by atoms with E-state index >= 15 is 0 Å². The third kappa shape index (κ3) is 11.3. The number of benzene rings is 5. The first kappa shape index (κ1) is 35.9. The lowest BCUT2D eigenvalue weighted by Crippen LogP contribution is -2.43. The van der Waals surface area contributed by atoms with Gasteiger partial charge in [0.05, 0.1) is 20.3 Å². The van der Waals surface area contributed by atoms with E-state index in [1.807, 2.05) is 121 Å². The van der Waals surface area contributed by atoms with Gasteiger partial charge in [0, 0.05) is 6.42 Å². The second-order valence-electron chi connectivity index (χ2n) is 11.1. The molecule has 10 nitrogen and oxygen atoms in total. The van der Waals surface area contributed by atoms with Crippen LogP contribution in [0.3, 0.4) is 0 Å². The monoisotopic (exact) mass is 695 g/mol. The van der Waals surface area contributed by atoms with Gasteiger partial charge in [0.1, 0.15) is 19.3 Å². The van der Waals surface area contributed by atoms with Crippen molar-refractivity contribution in [2.75, 3.05) is 7.11 Å². The molecule has 258 valence electrons. The van der Waals surface area contributed by atoms with Crippen LogP contribution in [0.2, 0.25) is 0 Å². The van der Waals surface area contributed by atoms with E-state index in [0.29, 0.717) is 5.56 Å². The highest BCUT2D eigenvalue weighted by Crippen LogP contribution is 2.53. The molecule has 0 saturated heterocycles. The normalized spacial score (nSPS) is 11.6. The van der Waals surface area contributed by atoms with E-state index in [1.165, 1.54) is 7.11 Å². The van der Waals surface area contributed by atoms with Gasteiger partial charge in [-0.05, 0) is 39.9 Å². The van der Waals surface area contributed by atoms with E-state index in [-0.39, 0.29) is 44.3 Å². The molecule has 0 aliphatic heterocycles. The molecule has 5 aromatic carbocycles. The van der Waals surface area contributed by atoms with Crippen LogP contribution in [0.15, 0.2) is 140 Å². The number of phosphoric acid groups is 1. The van der Waals surface area contributed by atoms with Crippen molar-refractivity contribution in [3.8, 4) is 11.5 Å². The van der Waals surface area contributed by atoms with Crippen molar-refractivity contribution < 1.29 is 41.9 Å². The number of ether oxygens (including phenoxy) is 3. The van der Waals surface area contributed by atoms with Crippen LogP contribution < -0.4 is 14.6 Å². The van der Waals surface area contributed by atoms with E-state index in [9.17, 15) is 14.2 Å². The number of carbonyl (C=O) groups excluding carboxylic acids is 2. The SMILES string of the molecule is COC(=O)C(Cc1ccc(OP(=O)(OCc2ccccc2)OCc2ccccc2)c(OCc2ccccc2)c1)NC(=O)OCc1ccccc1. The maximum Gasteiger partial charge on any atom is 0.530 e. The smallest absolute Gasteiger partial charge is 0.485 e. The summed E-state index contributed by atoms with van der Waals surface area (Å²) < 4.78 is 48.4. The van der Waals surface area contributed by atoms with Gasteiger partial charge in [-0.3, -0.25) is 9.05 Å². The molecule has 0 fully saturated rings. The first-order chi connectivity index (χ1) is 24.4. The molecule has 5 aromatic rings. The second-order valence-corrected chi connectivity index (χ2v) is 12.7. The van der Waals surface area contributed by atoms with Crippen LogP contribution >= 0.6 is 7.82 Å². The third-order valence-electron chi connectivity index (χ3n) is 7.35. The zero-order chi connectivity index (χ0) is 35.0. The number of alkyl carbamates (subject to hydrolysis) is 1. The molecular weight excluding hydrogens is 657 g/mol. The Kier molecular flexibility index (Phi) is 13.2. The Hall–Kier alpha value is -5.41. The third-order valence-corrected chi connectivity index (χ3v) is 8.66. The van der Waals surface area contributed by atoms with Crippen molar-refractivity contribution in [3.05, 3.63) is 167 Å². The number of hydrogen-bond acceptors (Lipinski definition) is 9. The minimum absolute atomic E-state index is 0.0295. The summed E-state index contributed by atoms with van der Waals surface area (Å²) >= 11 is 0. The van der Waals surface area contributed by atoms with Crippen LogP contribution in [0.25, 0.3) is 0 Å². The van der Waals surface area contributed by atoms with Crippen molar-refractivity contribution in [2.24, 2.45) is 0 Å². The first-order valence-corrected chi connectivity index (χ1v) is 17.4. The number of carbonyl (C=O) groups is 2. The van der Waals surface area contributed by atoms with Gasteiger partial charge < -0.3 is 24.1 Å². The van der Waals surface area contributed by atoms with Crippen LogP contribution in [0.1, 0.15) is 27.8 Å². The summed E-state index contributed by atoms with van der Waals surface area (Å²) in [5.74, 6) is -0.352. The van der Waals surface area contributed by atoms with Crippen molar-refractivity contribution >= 4 is 19.9 Å². The summed E-state index contributed by atoms with van der Waals surface area (Å²) in [5, 5.41) is 2.59. The van der Waals surface area contributed by atoms with Gasteiger partial charge in [-0.25, -0.2) is 14.2 Å². The molecule has 1 unspecified atom stereocenters. The number of nitrogens with one attached hydrogen (secondary N) is 1. The molecular formula is C39H38NO9P. The Morgan fingerprint density at radius 1 is 0.600 bits per heavy atom. The Morgan fingerprint density at radius 2 is 1.08 bits per heavy atom. The second kappa shape index (κ2) is 18.4. The van der Waals surface area contributed by atoms with E-state index in [2.05, 4.69) is 5.32 Å². The lowest BCUT2D eigenvalue weighted by molar-refractivity contribution is -0.143. The minimum Gasteiger partial charge on any atom is -0.485 e. The Balaban J connectivity index is 1.37. The van der Waals surface area contributed by atoms with E-state index in [1.54, 1.807) is 18.2 Å². The molecule has 0 radical (unpaired) electrons. The van der Waals surface area contributed by atoms with Gasteiger partial charge in [-0.2, -0.15) is 0 Å². The Morgan fingerprint density at radius 3 is 1.58 bits per heavy atom. The molecule has 5 rings (SSSR count). The summed E-state index contributed by atoms with van der Waals surface area (Å²) in [6.45, 7) is 0.129. The maximum absolute atomic E-state index is 14.2. The summed E-state index contributed by atoms with van der Waals surface area (Å²) in [6.07, 6.45) is -0.751. The zero-order valence-electron chi connectivity index (χ0n) is 27.5. The predicted molar refractivity (Wildman–Crippen MR) is 187 cm³/mol. The van der Waals surface area contributed by atoms with Crippen molar-refractivity contribution in [3.63, 3.8) is 0 Å². The molecule has 0 aliphatic carbocycles. The van der Waals surface area contributed by atoms with E-state index in [4.69, 9.17) is 27.8 Å². The average Bonchev–Trinajstić information content (AvgIpc) is 3.16. The molecule has 0 bridgehead atoms. The summed E-state index contributed by atoms with van der Waals surface area (Å²) in [4.78, 5) is 25.4. The molecule has 1 amide bonds. The van der Waals surface area contributed by atoms with Crippen LogP contribution in [0.4, 0.5) is 4.79 Å². The molecule has 0 heterocycles. The molecule has 50 heavy (non-hydrogen) atoms. The highest BCUT2D eigenvalue weighted by molar-refractivity contribution is 7.48. The van der Waals surface area contributed by atoms with Gasteiger partial charge in [0.15, 0.2) is 11.5 Å². The minimum atomic E-state index is -4.24. The van der Waals surface area contributed by atoms with Crippen LogP contribution in [0, 0.1) is 0 Å². The molecule has 0 saturated carbocycles. The number of methoxy groups -OCH3 is 1. The highest BCUT2D eigenvalue weighted by atomic mass is 31.2. The van der Waals surface area contributed by atoms with Crippen molar-refractivity contribution in [2.45, 2.75) is 38.9 Å². The van der Waals surface area contributed by atoms with Gasteiger partial charge in [-0.1, -0.05) is 127 Å². The van der Waals surface area contributed by atoms with Gasteiger partial charge in [0.25, 0.3) is 0 Å².